The van der Waals surface area contributed by atoms with Crippen LogP contribution in [-0.4, -0.2) is 12.2 Å². The van der Waals surface area contributed by atoms with E-state index < -0.39 is 0 Å². The summed E-state index contributed by atoms with van der Waals surface area (Å²) < 4.78 is 0. The van der Waals surface area contributed by atoms with Crippen LogP contribution in [0.3, 0.4) is 0 Å². The van der Waals surface area contributed by atoms with E-state index in [9.17, 15) is 9.59 Å². The van der Waals surface area contributed by atoms with Gasteiger partial charge < -0.3 is 4.79 Å². The van der Waals surface area contributed by atoms with Gasteiger partial charge in [-0.1, -0.05) is 0 Å². The Kier molecular flexibility index (Phi) is 2.04. The molecular weight excluding hydrogens is 132 g/mol. The standard InChI is InChI=1S/C6H6N2O2/c9-3-1-2-5-4-7-8-6(5)10/h3-4H,1-2H2. The third-order valence-corrected chi connectivity index (χ3v) is 1.17. The number of nitrogens with zero attached hydrogens (tertiary/aromatic N) is 2. The lowest BCUT2D eigenvalue weighted by Gasteiger charge is -1.89. The van der Waals surface area contributed by atoms with Crippen LogP contribution in [0, 0.1) is 0 Å². The van der Waals surface area contributed by atoms with Gasteiger partial charge in [-0.25, -0.2) is 0 Å². The highest BCUT2D eigenvalue weighted by Gasteiger charge is 2.11. The predicted molar refractivity (Wildman–Crippen MR) is 33.2 cm³/mol. The van der Waals surface area contributed by atoms with Crippen molar-refractivity contribution in [3.63, 3.8) is 0 Å². The maximum absolute atomic E-state index is 10.6. The molecule has 4 nitrogen and oxygen atoms in total. The molecule has 10 heavy (non-hydrogen) atoms. The van der Waals surface area contributed by atoms with Crippen molar-refractivity contribution in [1.82, 2.24) is 0 Å². The zero-order valence-electron chi connectivity index (χ0n) is 5.28. The second kappa shape index (κ2) is 3.00. The number of carbonyl (C=O) groups excluding carboxylic acids is 2. The summed E-state index contributed by atoms with van der Waals surface area (Å²) in [5.41, 5.74) is 0.520. The van der Waals surface area contributed by atoms with Gasteiger partial charge in [0.15, 0.2) is 0 Å². The molecule has 52 valence electrons. The average molecular weight is 138 g/mol. The zero-order valence-corrected chi connectivity index (χ0v) is 5.28. The van der Waals surface area contributed by atoms with Crippen LogP contribution in [0.5, 0.6) is 0 Å². The zero-order chi connectivity index (χ0) is 7.40. The van der Waals surface area contributed by atoms with E-state index in [0.29, 0.717) is 18.4 Å². The minimum absolute atomic E-state index is 0.318. The molecule has 1 amide bonds. The number of hydrogen-bond acceptors (Lipinski definition) is 3. The highest BCUT2D eigenvalue weighted by atomic mass is 16.2. The van der Waals surface area contributed by atoms with Crippen molar-refractivity contribution in [2.75, 3.05) is 0 Å². The van der Waals surface area contributed by atoms with Crippen molar-refractivity contribution in [3.8, 4) is 0 Å². The lowest BCUT2D eigenvalue weighted by atomic mass is 10.1. The van der Waals surface area contributed by atoms with Gasteiger partial charge in [0, 0.05) is 12.0 Å². The van der Waals surface area contributed by atoms with E-state index in [1.54, 1.807) is 0 Å². The Hall–Kier alpha value is -1.32. The summed E-state index contributed by atoms with van der Waals surface area (Å²) in [5, 5.41) is 6.64. The summed E-state index contributed by atoms with van der Waals surface area (Å²) in [7, 11) is 0. The topological polar surface area (TPSA) is 58.9 Å². The predicted octanol–water partition coefficient (Wildman–Crippen LogP) is 0.842. The van der Waals surface area contributed by atoms with Crippen molar-refractivity contribution < 1.29 is 9.59 Å². The molecule has 0 aromatic rings. The van der Waals surface area contributed by atoms with Gasteiger partial charge in [-0.05, 0) is 6.42 Å². The Morgan fingerprint density at radius 2 is 2.40 bits per heavy atom. The number of azo groups is 1. The van der Waals surface area contributed by atoms with Gasteiger partial charge in [-0.15, -0.1) is 5.11 Å². The maximum Gasteiger partial charge on any atom is 0.292 e. The lowest BCUT2D eigenvalue weighted by Crippen LogP contribution is -1.93. The number of hydrogen-bond donors (Lipinski definition) is 0. The van der Waals surface area contributed by atoms with Crippen molar-refractivity contribution >= 4 is 12.2 Å². The third kappa shape index (κ3) is 1.34. The Labute approximate surface area is 57.6 Å². The van der Waals surface area contributed by atoms with Crippen molar-refractivity contribution in [2.45, 2.75) is 12.8 Å². The summed E-state index contributed by atoms with van der Waals surface area (Å²) >= 11 is 0. The average Bonchev–Trinajstić information content (AvgIpc) is 2.31. The molecule has 0 fully saturated rings. The molecule has 0 unspecified atom stereocenters. The molecule has 0 spiro atoms. The molecule has 0 saturated carbocycles. The molecule has 1 heterocycles. The second-order valence-corrected chi connectivity index (χ2v) is 1.88. The van der Waals surface area contributed by atoms with E-state index in [1.165, 1.54) is 6.20 Å². The summed E-state index contributed by atoms with van der Waals surface area (Å²) in [6.45, 7) is 0. The van der Waals surface area contributed by atoms with Gasteiger partial charge in [0.25, 0.3) is 5.91 Å². The molecule has 0 bridgehead atoms. The van der Waals surface area contributed by atoms with E-state index in [0.717, 1.165) is 6.29 Å². The fraction of sp³-hybridized carbons (Fsp3) is 0.333. The summed E-state index contributed by atoms with van der Waals surface area (Å²) in [6, 6.07) is 0. The lowest BCUT2D eigenvalue weighted by molar-refractivity contribution is -0.114. The molecule has 0 aromatic heterocycles. The van der Waals surface area contributed by atoms with Crippen molar-refractivity contribution in [2.24, 2.45) is 10.2 Å². The van der Waals surface area contributed by atoms with Crippen molar-refractivity contribution in [1.29, 1.82) is 0 Å². The summed E-state index contributed by atoms with van der Waals surface area (Å²) in [5.74, 6) is -0.318. The first kappa shape index (κ1) is 6.80. The van der Waals surface area contributed by atoms with Crippen LogP contribution < -0.4 is 0 Å². The molecule has 0 radical (unpaired) electrons. The van der Waals surface area contributed by atoms with Crippen LogP contribution in [0.25, 0.3) is 0 Å². The maximum atomic E-state index is 10.6. The Balaban J connectivity index is 2.44. The molecule has 0 aliphatic carbocycles. The normalized spacial score (nSPS) is 15.6. The van der Waals surface area contributed by atoms with Gasteiger partial charge in [0.2, 0.25) is 0 Å². The Morgan fingerprint density at radius 1 is 1.60 bits per heavy atom. The number of rotatable bonds is 3. The summed E-state index contributed by atoms with van der Waals surface area (Å²) in [4.78, 5) is 20.5. The van der Waals surface area contributed by atoms with Crippen LogP contribution in [0.4, 0.5) is 0 Å². The van der Waals surface area contributed by atoms with Gasteiger partial charge in [-0.2, -0.15) is 5.11 Å². The van der Waals surface area contributed by atoms with E-state index >= 15 is 0 Å². The fourth-order valence-corrected chi connectivity index (χ4v) is 0.656. The van der Waals surface area contributed by atoms with Gasteiger partial charge >= 0.3 is 0 Å². The van der Waals surface area contributed by atoms with E-state index in [4.69, 9.17) is 0 Å². The highest BCUT2D eigenvalue weighted by molar-refractivity contribution is 5.95. The molecule has 0 atom stereocenters. The summed E-state index contributed by atoms with van der Waals surface area (Å²) in [6.07, 6.45) is 2.98. The van der Waals surface area contributed by atoms with E-state index in [1.807, 2.05) is 0 Å². The van der Waals surface area contributed by atoms with Gasteiger partial charge in [0.05, 0.1) is 6.20 Å². The highest BCUT2D eigenvalue weighted by Crippen LogP contribution is 2.11. The van der Waals surface area contributed by atoms with Gasteiger partial charge in [-0.3, -0.25) is 4.79 Å². The number of amides is 1. The first-order chi connectivity index (χ1) is 4.84. The van der Waals surface area contributed by atoms with Crippen LogP contribution in [-0.2, 0) is 9.59 Å². The van der Waals surface area contributed by atoms with Gasteiger partial charge in [0.1, 0.15) is 6.29 Å². The van der Waals surface area contributed by atoms with Crippen LogP contribution in [0.2, 0.25) is 0 Å². The smallest absolute Gasteiger partial charge is 0.292 e. The largest absolute Gasteiger partial charge is 0.303 e. The molecule has 0 N–H and O–H groups in total. The van der Waals surface area contributed by atoms with Crippen LogP contribution in [0.1, 0.15) is 12.8 Å². The molecular formula is C6H6N2O2. The molecule has 1 aliphatic heterocycles. The molecule has 0 saturated heterocycles. The second-order valence-electron chi connectivity index (χ2n) is 1.88. The molecule has 1 rings (SSSR count). The Morgan fingerprint density at radius 3 is 2.90 bits per heavy atom. The monoisotopic (exact) mass is 138 g/mol. The minimum atomic E-state index is -0.318. The third-order valence-electron chi connectivity index (χ3n) is 1.17. The Bertz CT molecular complexity index is 218. The van der Waals surface area contributed by atoms with Crippen LogP contribution >= 0.6 is 0 Å². The first-order valence-corrected chi connectivity index (χ1v) is 2.92. The quantitative estimate of drug-likeness (QED) is 0.542. The fourth-order valence-electron chi connectivity index (χ4n) is 0.656. The first-order valence-electron chi connectivity index (χ1n) is 2.92. The van der Waals surface area contributed by atoms with Crippen molar-refractivity contribution in [3.05, 3.63) is 11.8 Å². The molecule has 1 aliphatic rings. The minimum Gasteiger partial charge on any atom is -0.303 e. The number of aldehydes is 1. The molecule has 4 heteroatoms. The SMILES string of the molecule is O=CCCC1=CN=NC1=O. The van der Waals surface area contributed by atoms with E-state index in [2.05, 4.69) is 10.2 Å². The van der Waals surface area contributed by atoms with Crippen LogP contribution in [0.15, 0.2) is 22.0 Å². The molecule has 0 aromatic carbocycles. The van der Waals surface area contributed by atoms with E-state index in [-0.39, 0.29) is 5.91 Å². The number of carbonyl (C=O) groups is 2.